The zero-order chi connectivity index (χ0) is 20.1. The summed E-state index contributed by atoms with van der Waals surface area (Å²) in [7, 11) is 0. The van der Waals surface area contributed by atoms with Gasteiger partial charge in [-0.2, -0.15) is 0 Å². The molecule has 1 aromatic heterocycles. The molecule has 7 nitrogen and oxygen atoms in total. The Bertz CT molecular complexity index is 866. The van der Waals surface area contributed by atoms with E-state index in [0.717, 1.165) is 42.0 Å². The maximum absolute atomic E-state index is 13.2. The highest BCUT2D eigenvalue weighted by Gasteiger charge is 2.29. The van der Waals surface area contributed by atoms with Crippen LogP contribution >= 0.6 is 0 Å². The number of carbonyl (C=O) groups excluding carboxylic acids is 2. The predicted octanol–water partition coefficient (Wildman–Crippen LogP) is 2.40. The first-order valence-electron chi connectivity index (χ1n) is 10.1. The molecule has 0 aliphatic carbocycles. The first kappa shape index (κ1) is 19.7. The lowest BCUT2D eigenvalue weighted by atomic mass is 9.98. The Kier molecular flexibility index (Phi) is 6.29. The number of ether oxygens (including phenoxy) is 1. The molecule has 1 saturated heterocycles. The SMILES string of the molecule is O=C(Cc1cccnc1)N(OC1CCCCO1)C(=O)c1ccc2c(c1)CNCC2. The smallest absolute Gasteiger partial charge is 0.284 e. The van der Waals surface area contributed by atoms with E-state index in [9.17, 15) is 9.59 Å². The minimum absolute atomic E-state index is 0.0266. The number of imide groups is 1. The van der Waals surface area contributed by atoms with Gasteiger partial charge in [-0.15, -0.1) is 5.06 Å². The van der Waals surface area contributed by atoms with Crippen molar-refractivity contribution in [2.45, 2.75) is 44.9 Å². The van der Waals surface area contributed by atoms with Gasteiger partial charge in [0.2, 0.25) is 0 Å². The predicted molar refractivity (Wildman–Crippen MR) is 106 cm³/mol. The molecule has 0 bridgehead atoms. The van der Waals surface area contributed by atoms with Crippen molar-refractivity contribution >= 4 is 11.8 Å². The van der Waals surface area contributed by atoms with Crippen LogP contribution in [0.25, 0.3) is 0 Å². The molecule has 1 aromatic carbocycles. The van der Waals surface area contributed by atoms with Gasteiger partial charge in [-0.3, -0.25) is 14.6 Å². The van der Waals surface area contributed by atoms with E-state index in [4.69, 9.17) is 9.57 Å². The number of carbonyl (C=O) groups is 2. The quantitative estimate of drug-likeness (QED) is 0.783. The second-order valence-electron chi connectivity index (χ2n) is 7.34. The third-order valence-corrected chi connectivity index (χ3v) is 5.19. The lowest BCUT2D eigenvalue weighted by Gasteiger charge is -2.28. The molecule has 2 aromatic rings. The average Bonchev–Trinajstić information content (AvgIpc) is 2.78. The van der Waals surface area contributed by atoms with Gasteiger partial charge in [0.05, 0.1) is 6.42 Å². The number of hydroxylamine groups is 2. The first-order valence-corrected chi connectivity index (χ1v) is 10.1. The molecule has 2 aliphatic rings. The fourth-order valence-electron chi connectivity index (χ4n) is 3.61. The van der Waals surface area contributed by atoms with E-state index >= 15 is 0 Å². The summed E-state index contributed by atoms with van der Waals surface area (Å²) in [5.74, 6) is -0.908. The summed E-state index contributed by atoms with van der Waals surface area (Å²) >= 11 is 0. The molecule has 2 aliphatic heterocycles. The van der Waals surface area contributed by atoms with Gasteiger partial charge < -0.3 is 10.1 Å². The van der Waals surface area contributed by atoms with Gasteiger partial charge in [-0.1, -0.05) is 12.1 Å². The van der Waals surface area contributed by atoms with E-state index in [1.54, 1.807) is 30.6 Å². The van der Waals surface area contributed by atoms with E-state index in [0.29, 0.717) is 25.1 Å². The number of fused-ring (bicyclic) bond motifs is 1. The van der Waals surface area contributed by atoms with Gasteiger partial charge in [0, 0.05) is 37.5 Å². The molecule has 29 heavy (non-hydrogen) atoms. The van der Waals surface area contributed by atoms with Gasteiger partial charge in [0.1, 0.15) is 0 Å². The van der Waals surface area contributed by atoms with Crippen LogP contribution in [-0.4, -0.2) is 41.3 Å². The van der Waals surface area contributed by atoms with Crippen LogP contribution in [0.15, 0.2) is 42.7 Å². The molecule has 7 heteroatoms. The van der Waals surface area contributed by atoms with Crippen molar-refractivity contribution < 1.29 is 19.2 Å². The van der Waals surface area contributed by atoms with Crippen molar-refractivity contribution in [3.8, 4) is 0 Å². The summed E-state index contributed by atoms with van der Waals surface area (Å²) < 4.78 is 5.59. The average molecular weight is 395 g/mol. The molecule has 0 radical (unpaired) electrons. The highest BCUT2D eigenvalue weighted by Crippen LogP contribution is 2.20. The minimum atomic E-state index is -0.593. The van der Waals surface area contributed by atoms with Gasteiger partial charge in [0.15, 0.2) is 6.29 Å². The fraction of sp³-hybridized carbons (Fsp3) is 0.409. The van der Waals surface area contributed by atoms with Gasteiger partial charge in [-0.05, 0) is 60.7 Å². The summed E-state index contributed by atoms with van der Waals surface area (Å²) in [6.45, 7) is 2.21. The van der Waals surface area contributed by atoms with E-state index < -0.39 is 18.1 Å². The van der Waals surface area contributed by atoms with Crippen LogP contribution < -0.4 is 5.32 Å². The lowest BCUT2D eigenvalue weighted by molar-refractivity contribution is -0.260. The molecular formula is C22H25N3O4. The van der Waals surface area contributed by atoms with Crippen LogP contribution in [0.3, 0.4) is 0 Å². The molecular weight excluding hydrogens is 370 g/mol. The summed E-state index contributed by atoms with van der Waals surface area (Å²) in [6.07, 6.45) is 6.16. The van der Waals surface area contributed by atoms with Gasteiger partial charge >= 0.3 is 0 Å². The van der Waals surface area contributed by atoms with Crippen molar-refractivity contribution in [3.63, 3.8) is 0 Å². The largest absolute Gasteiger partial charge is 0.350 e. The topological polar surface area (TPSA) is 80.8 Å². The fourth-order valence-corrected chi connectivity index (χ4v) is 3.61. The molecule has 1 unspecified atom stereocenters. The van der Waals surface area contributed by atoms with E-state index in [1.165, 1.54) is 5.56 Å². The maximum atomic E-state index is 13.2. The third-order valence-electron chi connectivity index (χ3n) is 5.19. The summed E-state index contributed by atoms with van der Waals surface area (Å²) in [5.41, 5.74) is 3.46. The van der Waals surface area contributed by atoms with Crippen LogP contribution in [-0.2, 0) is 33.8 Å². The number of aromatic nitrogens is 1. The molecule has 1 N–H and O–H groups in total. The number of rotatable bonds is 5. The Morgan fingerprint density at radius 2 is 2.17 bits per heavy atom. The molecule has 152 valence electrons. The summed E-state index contributed by atoms with van der Waals surface area (Å²) in [5, 5.41) is 4.18. The van der Waals surface area contributed by atoms with Crippen LogP contribution in [0.4, 0.5) is 0 Å². The normalized spacial score (nSPS) is 18.7. The van der Waals surface area contributed by atoms with Crippen molar-refractivity contribution in [2.75, 3.05) is 13.2 Å². The van der Waals surface area contributed by atoms with Crippen LogP contribution in [0.1, 0.15) is 46.3 Å². The summed E-state index contributed by atoms with van der Waals surface area (Å²) in [6, 6.07) is 9.14. The Balaban J connectivity index is 1.56. The number of pyridine rings is 1. The lowest BCUT2D eigenvalue weighted by Crippen LogP contribution is -2.42. The number of hydrogen-bond donors (Lipinski definition) is 1. The standard InChI is InChI=1S/C22H25N3O4/c26-20(12-16-4-3-9-23-14-16)25(29-21-5-1-2-11-28-21)22(27)18-7-6-17-8-10-24-15-19(17)13-18/h3-4,6-7,9,13-14,21,24H,1-2,5,8,10-12,15H2. The Hall–Kier alpha value is -2.61. The minimum Gasteiger partial charge on any atom is -0.350 e. The van der Waals surface area contributed by atoms with Crippen molar-refractivity contribution in [1.82, 2.24) is 15.4 Å². The van der Waals surface area contributed by atoms with E-state index in [1.807, 2.05) is 12.1 Å². The number of nitrogens with zero attached hydrogens (tertiary/aromatic N) is 2. The van der Waals surface area contributed by atoms with Crippen molar-refractivity contribution in [1.29, 1.82) is 0 Å². The Morgan fingerprint density at radius 1 is 1.24 bits per heavy atom. The molecule has 1 fully saturated rings. The molecule has 2 amide bonds. The van der Waals surface area contributed by atoms with Crippen molar-refractivity contribution in [3.05, 3.63) is 65.0 Å². The molecule has 1 atom stereocenters. The molecule has 3 heterocycles. The molecule has 4 rings (SSSR count). The van der Waals surface area contributed by atoms with Crippen LogP contribution in [0.2, 0.25) is 0 Å². The number of benzene rings is 1. The highest BCUT2D eigenvalue weighted by molar-refractivity contribution is 6.04. The highest BCUT2D eigenvalue weighted by atomic mass is 16.8. The first-order chi connectivity index (χ1) is 14.2. The van der Waals surface area contributed by atoms with Crippen molar-refractivity contribution in [2.24, 2.45) is 0 Å². The molecule has 0 saturated carbocycles. The van der Waals surface area contributed by atoms with Crippen LogP contribution in [0, 0.1) is 0 Å². The molecule has 0 spiro atoms. The monoisotopic (exact) mass is 395 g/mol. The Labute approximate surface area is 170 Å². The van der Waals surface area contributed by atoms with Crippen LogP contribution in [0.5, 0.6) is 0 Å². The third kappa shape index (κ3) is 4.87. The zero-order valence-corrected chi connectivity index (χ0v) is 16.3. The second-order valence-corrected chi connectivity index (χ2v) is 7.34. The van der Waals surface area contributed by atoms with E-state index in [-0.39, 0.29) is 6.42 Å². The van der Waals surface area contributed by atoms with E-state index in [2.05, 4.69) is 10.3 Å². The number of nitrogens with one attached hydrogen (secondary N) is 1. The van der Waals surface area contributed by atoms with Gasteiger partial charge in [-0.25, -0.2) is 4.84 Å². The number of amides is 2. The zero-order valence-electron chi connectivity index (χ0n) is 16.3. The summed E-state index contributed by atoms with van der Waals surface area (Å²) in [4.78, 5) is 36.0. The number of hydrogen-bond acceptors (Lipinski definition) is 6. The second kappa shape index (κ2) is 9.26. The Morgan fingerprint density at radius 3 is 2.97 bits per heavy atom. The van der Waals surface area contributed by atoms with Gasteiger partial charge in [0.25, 0.3) is 11.8 Å². The maximum Gasteiger partial charge on any atom is 0.284 e.